The van der Waals surface area contributed by atoms with E-state index in [9.17, 15) is 14.9 Å². The highest BCUT2D eigenvalue weighted by molar-refractivity contribution is 9.10. The van der Waals surface area contributed by atoms with Crippen molar-refractivity contribution >= 4 is 62.1 Å². The van der Waals surface area contributed by atoms with Crippen LogP contribution in [0.5, 0.6) is 5.75 Å². The lowest BCUT2D eigenvalue weighted by Gasteiger charge is -2.12. The van der Waals surface area contributed by atoms with E-state index in [1.807, 2.05) is 6.92 Å². The zero-order valence-corrected chi connectivity index (χ0v) is 17.3. The number of hydrogen-bond donors (Lipinski definition) is 2. The Morgan fingerprint density at radius 3 is 2.67 bits per heavy atom. The molecular formula is C17H15BrClN3O4S. The minimum Gasteiger partial charge on any atom is -0.492 e. The number of halogens is 2. The predicted octanol–water partition coefficient (Wildman–Crippen LogP) is 4.93. The lowest BCUT2D eigenvalue weighted by molar-refractivity contribution is -0.384. The molecule has 0 fully saturated rings. The Bertz CT molecular complexity index is 894. The molecule has 0 heterocycles. The summed E-state index contributed by atoms with van der Waals surface area (Å²) < 4.78 is 6.19. The lowest BCUT2D eigenvalue weighted by atomic mass is 10.2. The number of non-ortho nitro benzene ring substituents is 1. The molecule has 142 valence electrons. The molecule has 27 heavy (non-hydrogen) atoms. The fourth-order valence-corrected chi connectivity index (χ4v) is 2.94. The average Bonchev–Trinajstić information content (AvgIpc) is 2.62. The number of carbonyl (C=O) groups excluding carboxylic acids is 1. The van der Waals surface area contributed by atoms with Gasteiger partial charge < -0.3 is 10.1 Å². The number of thiocarbonyl (C=S) groups is 1. The number of nitro benzene ring substituents is 1. The van der Waals surface area contributed by atoms with E-state index < -0.39 is 10.8 Å². The summed E-state index contributed by atoms with van der Waals surface area (Å²) in [6.45, 7) is 2.58. The largest absolute Gasteiger partial charge is 0.492 e. The van der Waals surface area contributed by atoms with Crippen LogP contribution in [-0.2, 0) is 0 Å². The van der Waals surface area contributed by atoms with Gasteiger partial charge in [-0.15, -0.1) is 0 Å². The van der Waals surface area contributed by atoms with Gasteiger partial charge in [-0.25, -0.2) is 0 Å². The average molecular weight is 473 g/mol. The van der Waals surface area contributed by atoms with Crippen LogP contribution in [0.2, 0.25) is 5.02 Å². The first-order valence-electron chi connectivity index (χ1n) is 7.80. The Labute approximate surface area is 174 Å². The molecule has 0 aliphatic carbocycles. The summed E-state index contributed by atoms with van der Waals surface area (Å²) >= 11 is 14.5. The maximum Gasteiger partial charge on any atom is 0.271 e. The molecule has 2 aromatic carbocycles. The topological polar surface area (TPSA) is 93.5 Å². The first-order valence-corrected chi connectivity index (χ1v) is 9.38. The molecular weight excluding hydrogens is 458 g/mol. The number of hydrogen-bond acceptors (Lipinski definition) is 5. The van der Waals surface area contributed by atoms with Crippen molar-refractivity contribution in [1.29, 1.82) is 0 Å². The molecule has 2 aromatic rings. The van der Waals surface area contributed by atoms with Gasteiger partial charge in [-0.3, -0.25) is 20.2 Å². The summed E-state index contributed by atoms with van der Waals surface area (Å²) in [7, 11) is 0. The van der Waals surface area contributed by atoms with Crippen LogP contribution < -0.4 is 15.4 Å². The Morgan fingerprint density at radius 2 is 2.07 bits per heavy atom. The van der Waals surface area contributed by atoms with Crippen LogP contribution >= 0.6 is 39.7 Å². The maximum absolute atomic E-state index is 12.3. The number of nitrogens with zero attached hydrogens (tertiary/aromatic N) is 1. The fraction of sp³-hybridized carbons (Fsp3) is 0.176. The van der Waals surface area contributed by atoms with Gasteiger partial charge in [0, 0.05) is 17.7 Å². The second-order valence-corrected chi connectivity index (χ2v) is 6.99. The van der Waals surface area contributed by atoms with Crippen molar-refractivity contribution in [2.24, 2.45) is 0 Å². The first kappa shape index (κ1) is 21.1. The van der Waals surface area contributed by atoms with Crippen molar-refractivity contribution in [3.8, 4) is 5.75 Å². The molecule has 0 aromatic heterocycles. The molecule has 0 radical (unpaired) electrons. The molecule has 0 bridgehead atoms. The van der Waals surface area contributed by atoms with Gasteiger partial charge in [0.25, 0.3) is 11.6 Å². The standard InChI is InChI=1S/C17H15BrClN3O4S/c1-2-7-26-15-6-3-10(8-12(15)18)16(23)21-17(27)20-14-5-4-11(22(24)25)9-13(14)19/h3-6,8-9H,2,7H2,1H3,(H2,20,21,23,27). The highest BCUT2D eigenvalue weighted by Gasteiger charge is 2.13. The Morgan fingerprint density at radius 1 is 1.33 bits per heavy atom. The van der Waals surface area contributed by atoms with Gasteiger partial charge in [0.2, 0.25) is 0 Å². The van der Waals surface area contributed by atoms with E-state index in [-0.39, 0.29) is 15.8 Å². The number of ether oxygens (including phenoxy) is 1. The van der Waals surface area contributed by atoms with Crippen molar-refractivity contribution in [2.45, 2.75) is 13.3 Å². The molecule has 0 aliphatic rings. The van der Waals surface area contributed by atoms with Gasteiger partial charge >= 0.3 is 0 Å². The first-order chi connectivity index (χ1) is 12.8. The molecule has 0 unspecified atom stereocenters. The van der Waals surface area contributed by atoms with Crippen LogP contribution in [0.1, 0.15) is 23.7 Å². The molecule has 0 aliphatic heterocycles. The van der Waals surface area contributed by atoms with Crippen LogP contribution in [0.15, 0.2) is 40.9 Å². The monoisotopic (exact) mass is 471 g/mol. The molecule has 0 saturated carbocycles. The van der Waals surface area contributed by atoms with Crippen molar-refractivity contribution in [3.05, 3.63) is 61.6 Å². The molecule has 0 atom stereocenters. The van der Waals surface area contributed by atoms with Crippen molar-refractivity contribution < 1.29 is 14.5 Å². The smallest absolute Gasteiger partial charge is 0.271 e. The van der Waals surface area contributed by atoms with Crippen LogP contribution in [0.25, 0.3) is 0 Å². The summed E-state index contributed by atoms with van der Waals surface area (Å²) in [5, 5.41) is 16.1. The van der Waals surface area contributed by atoms with Crippen LogP contribution in [0.3, 0.4) is 0 Å². The van der Waals surface area contributed by atoms with E-state index in [2.05, 4.69) is 26.6 Å². The third kappa shape index (κ3) is 5.88. The van der Waals surface area contributed by atoms with Gasteiger partial charge in [0.05, 0.1) is 26.7 Å². The minimum absolute atomic E-state index is 0.0122. The molecule has 2 rings (SSSR count). The molecule has 2 N–H and O–H groups in total. The second kappa shape index (κ2) is 9.63. The number of carbonyl (C=O) groups is 1. The number of nitrogens with one attached hydrogen (secondary N) is 2. The molecule has 1 amide bonds. The summed E-state index contributed by atoms with van der Waals surface area (Å²) in [4.78, 5) is 22.5. The number of benzene rings is 2. The van der Waals surface area contributed by atoms with Gasteiger partial charge in [0.1, 0.15) is 5.75 Å². The van der Waals surface area contributed by atoms with Crippen LogP contribution in [-0.4, -0.2) is 22.5 Å². The SMILES string of the molecule is CCCOc1ccc(C(=O)NC(=S)Nc2ccc([N+](=O)[O-])cc2Cl)cc1Br. The number of anilines is 1. The van der Waals surface area contributed by atoms with Crippen molar-refractivity contribution in [2.75, 3.05) is 11.9 Å². The van der Waals surface area contributed by atoms with Crippen LogP contribution in [0, 0.1) is 10.1 Å². The van der Waals surface area contributed by atoms with E-state index in [1.165, 1.54) is 18.2 Å². The van der Waals surface area contributed by atoms with E-state index in [1.54, 1.807) is 18.2 Å². The van der Waals surface area contributed by atoms with Gasteiger partial charge in [-0.1, -0.05) is 18.5 Å². The number of nitro groups is 1. The van der Waals surface area contributed by atoms with Gasteiger partial charge in [-0.05, 0) is 58.8 Å². The van der Waals surface area contributed by atoms with Crippen molar-refractivity contribution in [3.63, 3.8) is 0 Å². The molecule has 0 spiro atoms. The van der Waals surface area contributed by atoms with Gasteiger partial charge in [0.15, 0.2) is 5.11 Å². The van der Waals surface area contributed by atoms with Crippen molar-refractivity contribution in [1.82, 2.24) is 5.32 Å². The fourth-order valence-electron chi connectivity index (χ4n) is 2.02. The van der Waals surface area contributed by atoms with Crippen LogP contribution in [0.4, 0.5) is 11.4 Å². The third-order valence-electron chi connectivity index (χ3n) is 3.29. The highest BCUT2D eigenvalue weighted by atomic mass is 79.9. The number of amides is 1. The summed E-state index contributed by atoms with van der Waals surface area (Å²) in [5.74, 6) is 0.222. The number of rotatable bonds is 6. The summed E-state index contributed by atoms with van der Waals surface area (Å²) in [5.41, 5.74) is 0.581. The molecule has 0 saturated heterocycles. The highest BCUT2D eigenvalue weighted by Crippen LogP contribution is 2.27. The quantitative estimate of drug-likeness (QED) is 0.352. The minimum atomic E-state index is -0.554. The molecule has 7 nitrogen and oxygen atoms in total. The Kier molecular flexibility index (Phi) is 7.52. The lowest BCUT2D eigenvalue weighted by Crippen LogP contribution is -2.34. The summed E-state index contributed by atoms with van der Waals surface area (Å²) in [6.07, 6.45) is 0.875. The van der Waals surface area contributed by atoms with E-state index in [0.29, 0.717) is 28.1 Å². The Balaban J connectivity index is 2.02. The predicted molar refractivity (Wildman–Crippen MR) is 112 cm³/mol. The zero-order valence-electron chi connectivity index (χ0n) is 14.1. The third-order valence-corrected chi connectivity index (χ3v) is 4.43. The summed E-state index contributed by atoms with van der Waals surface area (Å²) in [6, 6.07) is 8.83. The second-order valence-electron chi connectivity index (χ2n) is 5.32. The normalized spacial score (nSPS) is 10.2. The molecule has 10 heteroatoms. The van der Waals surface area contributed by atoms with Gasteiger partial charge in [-0.2, -0.15) is 0 Å². The Hall–Kier alpha value is -2.23. The van der Waals surface area contributed by atoms with E-state index >= 15 is 0 Å². The van der Waals surface area contributed by atoms with E-state index in [0.717, 1.165) is 6.42 Å². The zero-order chi connectivity index (χ0) is 20.0. The van der Waals surface area contributed by atoms with E-state index in [4.69, 9.17) is 28.6 Å². The maximum atomic E-state index is 12.3.